The number of benzene rings is 1. The van der Waals surface area contributed by atoms with Crippen LogP contribution in [0.4, 0.5) is 0 Å². The zero-order valence-corrected chi connectivity index (χ0v) is 34.6. The molecule has 0 N–H and O–H groups in total. The van der Waals surface area contributed by atoms with Gasteiger partial charge in [0.2, 0.25) is 0 Å². The average Bonchev–Trinajstić information content (AvgIpc) is 3.88. The predicted octanol–water partition coefficient (Wildman–Crippen LogP) is 16.3. The van der Waals surface area contributed by atoms with Gasteiger partial charge in [0.05, 0.1) is 14.1 Å². The first-order valence-corrected chi connectivity index (χ1v) is 23.4. The highest BCUT2D eigenvalue weighted by atomic mass is 32.2. The molecule has 0 saturated heterocycles. The number of hydrogen-bond acceptors (Lipinski definition) is 6. The fourth-order valence-electron chi connectivity index (χ4n) is 7.25. The number of hydrogen-bond donors (Lipinski definition) is 0. The van der Waals surface area contributed by atoms with Gasteiger partial charge in [0.15, 0.2) is 0 Å². The van der Waals surface area contributed by atoms with Crippen molar-refractivity contribution in [2.24, 2.45) is 23.7 Å². The molecular weight excluding hydrogens is 697 g/mol. The van der Waals surface area contributed by atoms with Crippen LogP contribution in [0.5, 0.6) is 0 Å². The van der Waals surface area contributed by atoms with Crippen molar-refractivity contribution in [1.82, 2.24) is 0 Å². The lowest BCUT2D eigenvalue weighted by molar-refractivity contribution is 0.437. The zero-order valence-electron chi connectivity index (χ0n) is 29.7. The lowest BCUT2D eigenvalue weighted by Crippen LogP contribution is -1.98. The Morgan fingerprint density at radius 1 is 0.583 bits per heavy atom. The molecule has 6 heterocycles. The minimum atomic E-state index is 0.590. The minimum absolute atomic E-state index is 0.590. The Morgan fingerprint density at radius 3 is 1.94 bits per heavy atom. The zero-order chi connectivity index (χ0) is 33.4. The van der Waals surface area contributed by atoms with E-state index in [0.717, 1.165) is 23.7 Å². The maximum absolute atomic E-state index is 2.48. The maximum atomic E-state index is 2.48. The lowest BCUT2D eigenvalue weighted by Gasteiger charge is -2.11. The Kier molecular flexibility index (Phi) is 11.5. The van der Waals surface area contributed by atoms with Crippen LogP contribution in [-0.2, 0) is 19.3 Å². The summed E-state index contributed by atoms with van der Waals surface area (Å²) in [6.45, 7) is 14.3. The summed E-state index contributed by atoms with van der Waals surface area (Å²) >= 11 is 12.4. The topological polar surface area (TPSA) is 0 Å². The van der Waals surface area contributed by atoms with Crippen molar-refractivity contribution in [3.8, 4) is 9.75 Å². The Balaban J connectivity index is 0.992. The van der Waals surface area contributed by atoms with Crippen LogP contribution < -0.4 is 0 Å². The molecule has 1 aromatic carbocycles. The van der Waals surface area contributed by atoms with Gasteiger partial charge in [-0.05, 0) is 79.7 Å². The molecule has 5 aromatic heterocycles. The smallest absolute Gasteiger partial charge is 0.0542 e. The molecule has 3 unspecified atom stereocenters. The molecule has 0 spiro atoms. The van der Waals surface area contributed by atoms with E-state index in [9.17, 15) is 0 Å². The van der Waals surface area contributed by atoms with Crippen LogP contribution in [0.25, 0.3) is 39.3 Å². The first-order valence-electron chi connectivity index (χ1n) is 18.5. The van der Waals surface area contributed by atoms with E-state index in [1.807, 2.05) is 34.0 Å². The molecule has 256 valence electrons. The van der Waals surface area contributed by atoms with E-state index < -0.39 is 0 Å². The number of fused-ring (bicyclic) bond motifs is 7. The molecule has 6 heteroatoms. The standard InChI is InChI=1S/C42H52S6/c1-25(2)9-7-11-27(5)13-15-29-17-21-33(43-29)35-23-37-39(45-35)31-19-20-32-40-38(48-42(32)41(31)47-37)24-36(46-40)34-22-18-30(44-34)16-14-28(6)12-8-10-26(3)4/h17-23,25-28,36H,7-16,24H2,1-6H3. The van der Waals surface area contributed by atoms with E-state index >= 15 is 0 Å². The summed E-state index contributed by atoms with van der Waals surface area (Å²) in [5.74, 6) is 3.32. The summed E-state index contributed by atoms with van der Waals surface area (Å²) in [5, 5.41) is 3.55. The van der Waals surface area contributed by atoms with Crippen LogP contribution in [0.1, 0.15) is 118 Å². The van der Waals surface area contributed by atoms with Crippen LogP contribution in [-0.4, -0.2) is 0 Å². The molecule has 0 saturated carbocycles. The van der Waals surface area contributed by atoms with Crippen molar-refractivity contribution in [1.29, 1.82) is 0 Å². The number of aryl methyl sites for hydroxylation is 2. The fraction of sp³-hybridized carbons (Fsp3) is 0.524. The van der Waals surface area contributed by atoms with E-state index in [4.69, 9.17) is 0 Å². The van der Waals surface area contributed by atoms with Crippen molar-refractivity contribution in [2.45, 2.75) is 122 Å². The average molecular weight is 749 g/mol. The number of thioether (sulfide) groups is 1. The summed E-state index contributed by atoms with van der Waals surface area (Å²) in [6, 6.07) is 17.0. The van der Waals surface area contributed by atoms with Crippen LogP contribution in [0.2, 0.25) is 0 Å². The molecule has 1 aliphatic heterocycles. The van der Waals surface area contributed by atoms with Crippen LogP contribution in [0.3, 0.4) is 0 Å². The maximum Gasteiger partial charge on any atom is 0.0542 e. The van der Waals surface area contributed by atoms with Gasteiger partial charge in [-0.2, -0.15) is 0 Å². The molecule has 7 rings (SSSR count). The number of thiophene rings is 5. The van der Waals surface area contributed by atoms with E-state index in [-0.39, 0.29) is 0 Å². The first-order chi connectivity index (χ1) is 23.2. The second kappa shape index (κ2) is 15.6. The minimum Gasteiger partial charge on any atom is -0.144 e. The van der Waals surface area contributed by atoms with Crippen molar-refractivity contribution in [3.63, 3.8) is 0 Å². The second-order valence-electron chi connectivity index (χ2n) is 15.4. The predicted molar refractivity (Wildman–Crippen MR) is 225 cm³/mol. The Hall–Kier alpha value is -1.15. The first kappa shape index (κ1) is 35.3. The van der Waals surface area contributed by atoms with Crippen LogP contribution in [0, 0.1) is 23.7 Å². The molecule has 0 aliphatic carbocycles. The Labute approximate surface area is 313 Å². The normalized spacial score (nSPS) is 16.4. The van der Waals surface area contributed by atoms with Gasteiger partial charge in [-0.3, -0.25) is 0 Å². The largest absolute Gasteiger partial charge is 0.144 e. The van der Waals surface area contributed by atoms with E-state index in [1.54, 1.807) is 24.4 Å². The molecule has 0 radical (unpaired) electrons. The highest BCUT2D eigenvalue weighted by molar-refractivity contribution is 8.00. The SMILES string of the molecule is CC(C)CCCC(C)CCc1ccc(-c2cc3sc4c(ccc5c6c(sc54)CC(c4ccc(CCC(C)CCCC(C)C)s4)S6)c3s2)s1. The molecule has 3 atom stereocenters. The van der Waals surface area contributed by atoms with Gasteiger partial charge >= 0.3 is 0 Å². The second-order valence-corrected chi connectivity index (χ2v) is 22.2. The van der Waals surface area contributed by atoms with Gasteiger partial charge in [-0.25, -0.2) is 0 Å². The lowest BCUT2D eigenvalue weighted by atomic mass is 9.96. The third-order valence-corrected chi connectivity index (χ3v) is 18.4. The quantitative estimate of drug-likeness (QED) is 0.0950. The summed E-state index contributed by atoms with van der Waals surface area (Å²) in [7, 11) is 0. The third-order valence-electron chi connectivity index (χ3n) is 10.2. The van der Waals surface area contributed by atoms with Crippen molar-refractivity contribution < 1.29 is 0 Å². The van der Waals surface area contributed by atoms with Crippen molar-refractivity contribution in [2.75, 3.05) is 0 Å². The highest BCUT2D eigenvalue weighted by Crippen LogP contribution is 2.56. The highest BCUT2D eigenvalue weighted by Gasteiger charge is 2.30. The van der Waals surface area contributed by atoms with Crippen molar-refractivity contribution >= 4 is 98.0 Å². The molecular formula is C42H52S6. The van der Waals surface area contributed by atoms with Crippen molar-refractivity contribution in [3.05, 3.63) is 62.0 Å². The monoisotopic (exact) mass is 748 g/mol. The molecule has 48 heavy (non-hydrogen) atoms. The summed E-state index contributed by atoms with van der Waals surface area (Å²) in [5.41, 5.74) is 0. The summed E-state index contributed by atoms with van der Waals surface area (Å²) in [4.78, 5) is 10.8. The molecule has 0 nitrogen and oxygen atoms in total. The van der Waals surface area contributed by atoms with Gasteiger partial charge in [-0.1, -0.05) is 92.2 Å². The molecule has 0 amide bonds. The molecule has 6 aromatic rings. The van der Waals surface area contributed by atoms with Crippen LogP contribution in [0.15, 0.2) is 47.4 Å². The Bertz CT molecular complexity index is 1950. The van der Waals surface area contributed by atoms with Crippen LogP contribution >= 0.6 is 68.4 Å². The molecule has 0 bridgehead atoms. The Morgan fingerprint density at radius 2 is 1.23 bits per heavy atom. The van der Waals surface area contributed by atoms with Gasteiger partial charge in [0, 0.05) is 61.3 Å². The molecule has 1 aliphatic rings. The van der Waals surface area contributed by atoms with E-state index in [2.05, 4.69) is 118 Å². The van der Waals surface area contributed by atoms with Gasteiger partial charge in [0.25, 0.3) is 0 Å². The summed E-state index contributed by atoms with van der Waals surface area (Å²) < 4.78 is 5.99. The van der Waals surface area contributed by atoms with E-state index in [1.165, 1.54) is 110 Å². The fourth-order valence-corrected chi connectivity index (χ4v) is 15.3. The van der Waals surface area contributed by atoms with Gasteiger partial charge in [-0.15, -0.1) is 68.4 Å². The van der Waals surface area contributed by atoms with E-state index in [0.29, 0.717) is 5.25 Å². The van der Waals surface area contributed by atoms with Gasteiger partial charge in [0.1, 0.15) is 0 Å². The molecule has 0 fully saturated rings. The van der Waals surface area contributed by atoms with Gasteiger partial charge < -0.3 is 0 Å². The number of rotatable bonds is 16. The third kappa shape index (κ3) is 8.00. The summed E-state index contributed by atoms with van der Waals surface area (Å²) in [6.07, 6.45) is 14.6.